The van der Waals surface area contributed by atoms with E-state index in [1.165, 1.54) is 0 Å². The fraction of sp³-hybridized carbons (Fsp3) is 0.360. The van der Waals surface area contributed by atoms with Crippen LogP contribution in [0.25, 0.3) is 11.3 Å². The number of likely N-dealkylation sites (N-methyl/N-ethyl adjacent to an activating group) is 1. The first kappa shape index (κ1) is 26.2. The summed E-state index contributed by atoms with van der Waals surface area (Å²) in [6, 6.07) is 11.8. The van der Waals surface area contributed by atoms with Gasteiger partial charge in [0.1, 0.15) is 23.7 Å². The van der Waals surface area contributed by atoms with Gasteiger partial charge in [-0.25, -0.2) is 15.0 Å². The molecule has 3 aromatic rings. The van der Waals surface area contributed by atoms with Gasteiger partial charge in [0, 0.05) is 49.9 Å². The standard InChI is InChI=1S/C25H30N6O3.H2S/c1-16(20-7-5-17(25(32)26-2)9-22(20)33-4)11-27-23-10-21(29-15-30-23)18-6-8-24(28-12-18)31(3)19-13-34-14-19;/h5-10,12,15-16,19H,11,13-14H2,1-4H3,(H,26,32)(H,27,29,30);1H2/t16-;/m1./s1. The summed E-state index contributed by atoms with van der Waals surface area (Å²) in [5.74, 6) is 2.30. The molecule has 1 fully saturated rings. The van der Waals surface area contributed by atoms with E-state index in [1.54, 1.807) is 26.6 Å². The van der Waals surface area contributed by atoms with Gasteiger partial charge in [0.05, 0.1) is 32.1 Å². The fourth-order valence-corrected chi connectivity index (χ4v) is 3.76. The lowest BCUT2D eigenvalue weighted by atomic mass is 9.98. The van der Waals surface area contributed by atoms with E-state index in [9.17, 15) is 4.79 Å². The van der Waals surface area contributed by atoms with Gasteiger partial charge >= 0.3 is 0 Å². The van der Waals surface area contributed by atoms with Crippen LogP contribution in [0.1, 0.15) is 28.8 Å². The molecule has 3 heterocycles. The Balaban J connectivity index is 0.00000342. The molecule has 0 saturated carbocycles. The smallest absolute Gasteiger partial charge is 0.251 e. The number of methoxy groups -OCH3 is 1. The molecule has 0 aliphatic carbocycles. The van der Waals surface area contributed by atoms with Crippen LogP contribution in [0, 0.1) is 0 Å². The molecule has 35 heavy (non-hydrogen) atoms. The summed E-state index contributed by atoms with van der Waals surface area (Å²) < 4.78 is 10.8. The minimum Gasteiger partial charge on any atom is -0.496 e. The Morgan fingerprint density at radius 3 is 2.63 bits per heavy atom. The largest absolute Gasteiger partial charge is 0.496 e. The average Bonchev–Trinajstić information content (AvgIpc) is 2.85. The lowest BCUT2D eigenvalue weighted by molar-refractivity contribution is 0.00988. The number of ether oxygens (including phenoxy) is 2. The topological polar surface area (TPSA) is 102 Å². The first-order valence-corrected chi connectivity index (χ1v) is 11.2. The quantitative estimate of drug-likeness (QED) is 0.466. The minimum absolute atomic E-state index is 0. The van der Waals surface area contributed by atoms with Crippen molar-refractivity contribution in [1.29, 1.82) is 0 Å². The van der Waals surface area contributed by atoms with Gasteiger partial charge in [-0.3, -0.25) is 4.79 Å². The number of aromatic nitrogens is 3. The number of hydrogen-bond acceptors (Lipinski definition) is 8. The van der Waals surface area contributed by atoms with Gasteiger partial charge in [-0.05, 0) is 29.8 Å². The maximum atomic E-state index is 11.9. The lowest BCUT2D eigenvalue weighted by Crippen LogP contribution is -2.47. The molecule has 1 saturated heterocycles. The SMILES string of the molecule is CNC(=O)c1ccc([C@H](C)CNc2cc(-c3ccc(N(C)C4COC4)nc3)ncn2)c(OC)c1.S. The number of amides is 1. The van der Waals surface area contributed by atoms with E-state index in [0.717, 1.165) is 41.7 Å². The Labute approximate surface area is 212 Å². The molecule has 4 rings (SSSR count). The van der Waals surface area contributed by atoms with Gasteiger partial charge < -0.3 is 25.0 Å². The predicted molar refractivity (Wildman–Crippen MR) is 142 cm³/mol. The molecule has 10 heteroatoms. The van der Waals surface area contributed by atoms with Gasteiger partial charge in [0.15, 0.2) is 0 Å². The minimum atomic E-state index is -0.143. The number of carbonyl (C=O) groups excluding carboxylic acids is 1. The molecular weight excluding hydrogens is 464 g/mol. The maximum absolute atomic E-state index is 11.9. The van der Waals surface area contributed by atoms with E-state index < -0.39 is 0 Å². The van der Waals surface area contributed by atoms with Crippen LogP contribution in [0.3, 0.4) is 0 Å². The number of carbonyl (C=O) groups is 1. The zero-order chi connectivity index (χ0) is 24.1. The van der Waals surface area contributed by atoms with Crippen LogP contribution in [0.5, 0.6) is 5.75 Å². The summed E-state index contributed by atoms with van der Waals surface area (Å²) in [7, 11) is 5.25. The molecule has 0 unspecified atom stereocenters. The molecule has 1 aromatic carbocycles. The highest BCUT2D eigenvalue weighted by molar-refractivity contribution is 7.59. The first-order chi connectivity index (χ1) is 16.5. The summed E-state index contributed by atoms with van der Waals surface area (Å²) in [6.07, 6.45) is 3.38. The van der Waals surface area contributed by atoms with Crippen LogP contribution in [0.15, 0.2) is 48.9 Å². The highest BCUT2D eigenvalue weighted by Gasteiger charge is 2.24. The van der Waals surface area contributed by atoms with Crippen LogP contribution in [0.2, 0.25) is 0 Å². The first-order valence-electron chi connectivity index (χ1n) is 11.2. The second kappa shape index (κ2) is 11.9. The van der Waals surface area contributed by atoms with Crippen molar-refractivity contribution >= 4 is 31.0 Å². The molecule has 1 aliphatic heterocycles. The molecule has 186 valence electrons. The van der Waals surface area contributed by atoms with Crippen molar-refractivity contribution in [3.05, 3.63) is 60.0 Å². The fourth-order valence-electron chi connectivity index (χ4n) is 3.76. The zero-order valence-corrected chi connectivity index (χ0v) is 21.4. The number of pyridine rings is 1. The zero-order valence-electron chi connectivity index (χ0n) is 20.4. The third-order valence-electron chi connectivity index (χ3n) is 6.08. The van der Waals surface area contributed by atoms with Crippen molar-refractivity contribution in [3.63, 3.8) is 0 Å². The molecule has 9 nitrogen and oxygen atoms in total. The molecular formula is C25H32N6O3S. The predicted octanol–water partition coefficient (Wildman–Crippen LogP) is 3.07. The molecule has 2 N–H and O–H groups in total. The van der Waals surface area contributed by atoms with Crippen molar-refractivity contribution in [1.82, 2.24) is 20.3 Å². The number of rotatable bonds is 9. The van der Waals surface area contributed by atoms with Gasteiger partial charge in [-0.1, -0.05) is 13.0 Å². The lowest BCUT2D eigenvalue weighted by Gasteiger charge is -2.35. The Bertz CT molecular complexity index is 1140. The van der Waals surface area contributed by atoms with Gasteiger partial charge in [0.2, 0.25) is 0 Å². The van der Waals surface area contributed by atoms with Gasteiger partial charge in [-0.2, -0.15) is 13.5 Å². The molecule has 2 aromatic heterocycles. The van der Waals surface area contributed by atoms with Gasteiger partial charge in [-0.15, -0.1) is 0 Å². The molecule has 1 atom stereocenters. The molecule has 1 amide bonds. The number of anilines is 2. The number of hydrogen-bond donors (Lipinski definition) is 2. The van der Waals surface area contributed by atoms with Crippen LogP contribution in [-0.4, -0.2) is 67.9 Å². The highest BCUT2D eigenvalue weighted by Crippen LogP contribution is 2.28. The maximum Gasteiger partial charge on any atom is 0.251 e. The van der Waals surface area contributed by atoms with Crippen molar-refractivity contribution in [2.24, 2.45) is 0 Å². The van der Waals surface area contributed by atoms with E-state index in [4.69, 9.17) is 9.47 Å². The van der Waals surface area contributed by atoms with E-state index in [0.29, 0.717) is 23.9 Å². The Morgan fingerprint density at radius 1 is 1.20 bits per heavy atom. The third kappa shape index (κ3) is 6.01. The third-order valence-corrected chi connectivity index (χ3v) is 6.08. The second-order valence-corrected chi connectivity index (χ2v) is 8.31. The van der Waals surface area contributed by atoms with E-state index in [2.05, 4.69) is 37.4 Å². The number of benzene rings is 1. The van der Waals surface area contributed by atoms with Crippen LogP contribution >= 0.6 is 13.5 Å². The summed E-state index contributed by atoms with van der Waals surface area (Å²) in [5.41, 5.74) is 3.30. The Morgan fingerprint density at radius 2 is 2.00 bits per heavy atom. The van der Waals surface area contributed by atoms with Crippen LogP contribution < -0.4 is 20.3 Å². The van der Waals surface area contributed by atoms with Crippen molar-refractivity contribution in [3.8, 4) is 17.0 Å². The molecule has 0 bridgehead atoms. The summed E-state index contributed by atoms with van der Waals surface area (Å²) >= 11 is 0. The van der Waals surface area contributed by atoms with E-state index in [1.807, 2.05) is 43.6 Å². The number of nitrogens with zero attached hydrogens (tertiary/aromatic N) is 4. The summed E-state index contributed by atoms with van der Waals surface area (Å²) in [5, 5.41) is 6.02. The Kier molecular flexibility index (Phi) is 8.89. The monoisotopic (exact) mass is 496 g/mol. The number of nitrogens with one attached hydrogen (secondary N) is 2. The van der Waals surface area contributed by atoms with Crippen LogP contribution in [0.4, 0.5) is 11.6 Å². The van der Waals surface area contributed by atoms with Crippen LogP contribution in [-0.2, 0) is 4.74 Å². The average molecular weight is 497 g/mol. The van der Waals surface area contributed by atoms with E-state index >= 15 is 0 Å². The van der Waals surface area contributed by atoms with Gasteiger partial charge in [0.25, 0.3) is 5.91 Å². The molecule has 1 aliphatic rings. The summed E-state index contributed by atoms with van der Waals surface area (Å²) in [6.45, 7) is 4.21. The summed E-state index contributed by atoms with van der Waals surface area (Å²) in [4.78, 5) is 27.4. The Hall–Kier alpha value is -3.37. The highest BCUT2D eigenvalue weighted by atomic mass is 32.1. The van der Waals surface area contributed by atoms with E-state index in [-0.39, 0.29) is 25.3 Å². The van der Waals surface area contributed by atoms with Crippen molar-refractivity contribution in [2.75, 3.05) is 51.2 Å². The second-order valence-electron chi connectivity index (χ2n) is 8.31. The van der Waals surface area contributed by atoms with Crippen molar-refractivity contribution < 1.29 is 14.3 Å². The molecule has 0 spiro atoms. The normalized spacial score (nSPS) is 13.7. The molecule has 0 radical (unpaired) electrons. The van der Waals surface area contributed by atoms with Crippen molar-refractivity contribution in [2.45, 2.75) is 18.9 Å².